The van der Waals surface area contributed by atoms with E-state index < -0.39 is 0 Å². The molecule has 1 N–H and O–H groups in total. The number of benzene rings is 1. The molecular weight excluding hydrogens is 276 g/mol. The Morgan fingerprint density at radius 2 is 2.15 bits per heavy atom. The molecule has 2 aromatic rings. The van der Waals surface area contributed by atoms with E-state index in [2.05, 4.69) is 10.3 Å². The number of nitrogens with zero attached hydrogens (tertiary/aromatic N) is 1. The fourth-order valence-electron chi connectivity index (χ4n) is 1.94. The summed E-state index contributed by atoms with van der Waals surface area (Å²) in [6.45, 7) is 1.31. The van der Waals surface area contributed by atoms with Gasteiger partial charge < -0.3 is 10.1 Å². The lowest BCUT2D eigenvalue weighted by molar-refractivity contribution is 0.0946. The number of methoxy groups -OCH3 is 1. The normalized spacial score (nSPS) is 10.7. The Hall–Kier alpha value is -1.65. The summed E-state index contributed by atoms with van der Waals surface area (Å²) >= 11 is 6.10. The van der Waals surface area contributed by atoms with Crippen molar-refractivity contribution in [3.63, 3.8) is 0 Å². The Balaban J connectivity index is 2.03. The molecule has 106 valence electrons. The molecule has 0 bridgehead atoms. The van der Waals surface area contributed by atoms with Crippen LogP contribution in [0.4, 0.5) is 0 Å². The van der Waals surface area contributed by atoms with Gasteiger partial charge >= 0.3 is 0 Å². The lowest BCUT2D eigenvalue weighted by atomic mass is 10.1. The van der Waals surface area contributed by atoms with Gasteiger partial charge in [-0.05, 0) is 24.3 Å². The lowest BCUT2D eigenvalue weighted by Gasteiger charge is -2.06. The summed E-state index contributed by atoms with van der Waals surface area (Å²) in [5.74, 6) is -0.199. The maximum atomic E-state index is 12.0. The van der Waals surface area contributed by atoms with Gasteiger partial charge in [0.15, 0.2) is 0 Å². The fraction of sp³-hybridized carbons (Fsp3) is 0.333. The van der Waals surface area contributed by atoms with Gasteiger partial charge in [-0.25, -0.2) is 4.98 Å². The van der Waals surface area contributed by atoms with Crippen molar-refractivity contribution < 1.29 is 9.53 Å². The van der Waals surface area contributed by atoms with E-state index in [9.17, 15) is 4.79 Å². The molecule has 0 aliphatic heterocycles. The number of unbranched alkanes of at least 4 members (excludes halogenated alkanes) is 1. The first kappa shape index (κ1) is 14.8. The van der Waals surface area contributed by atoms with Crippen LogP contribution in [0.1, 0.15) is 23.3 Å². The van der Waals surface area contributed by atoms with Crippen molar-refractivity contribution in [2.24, 2.45) is 0 Å². The van der Waals surface area contributed by atoms with Crippen LogP contribution in [-0.2, 0) is 4.74 Å². The predicted molar refractivity (Wildman–Crippen MR) is 80.2 cm³/mol. The summed E-state index contributed by atoms with van der Waals surface area (Å²) < 4.78 is 4.95. The minimum Gasteiger partial charge on any atom is -0.385 e. The number of carbonyl (C=O) groups is 1. The number of fused-ring (bicyclic) bond motifs is 1. The largest absolute Gasteiger partial charge is 0.385 e. The zero-order valence-electron chi connectivity index (χ0n) is 11.4. The highest BCUT2D eigenvalue weighted by molar-refractivity contribution is 6.34. The first-order valence-electron chi connectivity index (χ1n) is 6.55. The van der Waals surface area contributed by atoms with E-state index in [4.69, 9.17) is 16.3 Å². The molecular formula is C15H17ClN2O2. The van der Waals surface area contributed by atoms with Gasteiger partial charge in [0.2, 0.25) is 0 Å². The van der Waals surface area contributed by atoms with Crippen LogP contribution in [0.15, 0.2) is 30.3 Å². The van der Waals surface area contributed by atoms with E-state index in [1.807, 2.05) is 24.3 Å². The van der Waals surface area contributed by atoms with Crippen LogP contribution in [0.2, 0.25) is 5.15 Å². The van der Waals surface area contributed by atoms with Gasteiger partial charge in [0.05, 0.1) is 0 Å². The number of amides is 1. The van der Waals surface area contributed by atoms with Crippen molar-refractivity contribution in [1.82, 2.24) is 10.3 Å². The van der Waals surface area contributed by atoms with Crippen molar-refractivity contribution in [2.75, 3.05) is 20.3 Å². The molecule has 5 heteroatoms. The minimum absolute atomic E-state index is 0.199. The fourth-order valence-corrected chi connectivity index (χ4v) is 2.20. The number of aromatic nitrogens is 1. The molecule has 4 nitrogen and oxygen atoms in total. The molecule has 0 aliphatic carbocycles. The topological polar surface area (TPSA) is 51.2 Å². The second-order valence-electron chi connectivity index (χ2n) is 4.48. The first-order chi connectivity index (χ1) is 9.72. The SMILES string of the molecule is COCCCCNC(=O)c1cc2ccccc2c(Cl)n1. The van der Waals surface area contributed by atoms with Crippen molar-refractivity contribution >= 4 is 28.3 Å². The van der Waals surface area contributed by atoms with Crippen LogP contribution in [-0.4, -0.2) is 31.2 Å². The third-order valence-corrected chi connectivity index (χ3v) is 3.28. The van der Waals surface area contributed by atoms with Gasteiger partial charge in [-0.15, -0.1) is 0 Å². The van der Waals surface area contributed by atoms with E-state index in [-0.39, 0.29) is 5.91 Å². The maximum Gasteiger partial charge on any atom is 0.269 e. The van der Waals surface area contributed by atoms with E-state index in [1.54, 1.807) is 13.2 Å². The quantitative estimate of drug-likeness (QED) is 0.658. The molecule has 1 aromatic heterocycles. The van der Waals surface area contributed by atoms with Crippen molar-refractivity contribution in [2.45, 2.75) is 12.8 Å². The number of ether oxygens (including phenoxy) is 1. The van der Waals surface area contributed by atoms with Crippen LogP contribution in [0.25, 0.3) is 10.8 Å². The van der Waals surface area contributed by atoms with E-state index in [0.717, 1.165) is 23.6 Å². The Morgan fingerprint density at radius 1 is 1.35 bits per heavy atom. The second kappa shape index (κ2) is 7.22. The van der Waals surface area contributed by atoms with Crippen LogP contribution in [0.5, 0.6) is 0 Å². The first-order valence-corrected chi connectivity index (χ1v) is 6.92. The third-order valence-electron chi connectivity index (χ3n) is 2.99. The molecule has 1 heterocycles. The Bertz CT molecular complexity index is 601. The number of pyridine rings is 1. The molecule has 0 fully saturated rings. The molecule has 2 rings (SSSR count). The van der Waals surface area contributed by atoms with Crippen molar-refractivity contribution in [3.05, 3.63) is 41.2 Å². The van der Waals surface area contributed by atoms with Gasteiger partial charge in [-0.2, -0.15) is 0 Å². The highest BCUT2D eigenvalue weighted by Crippen LogP contribution is 2.22. The van der Waals surface area contributed by atoms with Gasteiger partial charge in [0.25, 0.3) is 5.91 Å². The highest BCUT2D eigenvalue weighted by atomic mass is 35.5. The maximum absolute atomic E-state index is 12.0. The number of carbonyl (C=O) groups excluding carboxylic acids is 1. The minimum atomic E-state index is -0.199. The van der Waals surface area contributed by atoms with Gasteiger partial charge in [-0.1, -0.05) is 35.9 Å². The number of rotatable bonds is 6. The summed E-state index contributed by atoms with van der Waals surface area (Å²) in [6.07, 6.45) is 1.80. The summed E-state index contributed by atoms with van der Waals surface area (Å²) in [5, 5.41) is 4.95. The van der Waals surface area contributed by atoms with E-state index in [1.165, 1.54) is 0 Å². The third kappa shape index (κ3) is 3.68. The Kier molecular flexibility index (Phi) is 5.32. The van der Waals surface area contributed by atoms with Crippen molar-refractivity contribution in [3.8, 4) is 0 Å². The molecule has 1 amide bonds. The Labute approximate surface area is 123 Å². The summed E-state index contributed by atoms with van der Waals surface area (Å²) in [6, 6.07) is 9.36. The van der Waals surface area contributed by atoms with Gasteiger partial charge in [0.1, 0.15) is 10.8 Å². The highest BCUT2D eigenvalue weighted by Gasteiger charge is 2.10. The number of nitrogens with one attached hydrogen (secondary N) is 1. The number of hydrogen-bond acceptors (Lipinski definition) is 3. The molecule has 1 aromatic carbocycles. The predicted octanol–water partition coefficient (Wildman–Crippen LogP) is 3.04. The number of halogens is 1. The molecule has 0 saturated carbocycles. The molecule has 0 atom stereocenters. The van der Waals surface area contributed by atoms with Gasteiger partial charge in [0, 0.05) is 25.6 Å². The van der Waals surface area contributed by atoms with E-state index >= 15 is 0 Å². The molecule has 0 aliphatic rings. The monoisotopic (exact) mass is 292 g/mol. The molecule has 0 unspecified atom stereocenters. The zero-order chi connectivity index (χ0) is 14.4. The molecule has 20 heavy (non-hydrogen) atoms. The van der Waals surface area contributed by atoms with Crippen LogP contribution in [0, 0.1) is 0 Å². The zero-order valence-corrected chi connectivity index (χ0v) is 12.1. The van der Waals surface area contributed by atoms with Crippen molar-refractivity contribution in [1.29, 1.82) is 0 Å². The average molecular weight is 293 g/mol. The van der Waals surface area contributed by atoms with E-state index in [0.29, 0.717) is 24.0 Å². The Morgan fingerprint density at radius 3 is 2.95 bits per heavy atom. The molecule has 0 saturated heterocycles. The molecule has 0 spiro atoms. The molecule has 0 radical (unpaired) electrons. The smallest absolute Gasteiger partial charge is 0.269 e. The van der Waals surface area contributed by atoms with Crippen LogP contribution >= 0.6 is 11.6 Å². The van der Waals surface area contributed by atoms with Crippen LogP contribution < -0.4 is 5.32 Å². The van der Waals surface area contributed by atoms with Crippen LogP contribution in [0.3, 0.4) is 0 Å². The van der Waals surface area contributed by atoms with Gasteiger partial charge in [-0.3, -0.25) is 4.79 Å². The second-order valence-corrected chi connectivity index (χ2v) is 4.83. The summed E-state index contributed by atoms with van der Waals surface area (Å²) in [5.41, 5.74) is 0.348. The summed E-state index contributed by atoms with van der Waals surface area (Å²) in [7, 11) is 1.67. The standard InChI is InChI=1S/C15H17ClN2O2/c1-20-9-5-4-8-17-15(19)13-10-11-6-2-3-7-12(11)14(16)18-13/h2-3,6-7,10H,4-5,8-9H2,1H3,(H,17,19). The summed E-state index contributed by atoms with van der Waals surface area (Å²) in [4.78, 5) is 16.2. The number of hydrogen-bond donors (Lipinski definition) is 1. The lowest BCUT2D eigenvalue weighted by Crippen LogP contribution is -2.25. The average Bonchev–Trinajstić information content (AvgIpc) is 2.47.